The fraction of sp³-hybridized carbons (Fsp3) is 0.238. The molecule has 142 valence electrons. The molecule has 1 fully saturated rings. The van der Waals surface area contributed by atoms with Crippen LogP contribution in [0.15, 0.2) is 60.7 Å². The van der Waals surface area contributed by atoms with Crippen LogP contribution in [0.4, 0.5) is 4.39 Å². The molecule has 5 nitrogen and oxygen atoms in total. The van der Waals surface area contributed by atoms with Crippen molar-refractivity contribution in [3.63, 3.8) is 0 Å². The number of amides is 1. The van der Waals surface area contributed by atoms with Gasteiger partial charge in [-0.3, -0.25) is 14.5 Å². The Morgan fingerprint density at radius 3 is 2.33 bits per heavy atom. The number of hydrogen-bond acceptors (Lipinski definition) is 3. The smallest absolute Gasteiger partial charge is 0.290 e. The molecule has 1 aliphatic rings. The molecule has 0 bridgehead atoms. The van der Waals surface area contributed by atoms with Crippen molar-refractivity contribution in [1.29, 1.82) is 0 Å². The first-order valence-electron chi connectivity index (χ1n) is 8.69. The second kappa shape index (κ2) is 10.9. The zero-order valence-corrected chi connectivity index (χ0v) is 15.0. The first-order valence-corrected chi connectivity index (χ1v) is 8.69. The predicted molar refractivity (Wildman–Crippen MR) is 102 cm³/mol. The van der Waals surface area contributed by atoms with E-state index in [0.29, 0.717) is 13.1 Å². The first-order chi connectivity index (χ1) is 13.1. The highest BCUT2D eigenvalue weighted by atomic mass is 19.1. The van der Waals surface area contributed by atoms with Crippen LogP contribution in [0, 0.1) is 5.82 Å². The van der Waals surface area contributed by atoms with Crippen molar-refractivity contribution in [2.45, 2.75) is 6.54 Å². The Balaban J connectivity index is 0.000000817. The van der Waals surface area contributed by atoms with E-state index < -0.39 is 0 Å². The third-order valence-corrected chi connectivity index (χ3v) is 4.20. The van der Waals surface area contributed by atoms with Crippen LogP contribution in [0.2, 0.25) is 0 Å². The van der Waals surface area contributed by atoms with Gasteiger partial charge in [0.25, 0.3) is 6.47 Å². The Kier molecular flexibility index (Phi) is 8.19. The summed E-state index contributed by atoms with van der Waals surface area (Å²) >= 11 is 0. The summed E-state index contributed by atoms with van der Waals surface area (Å²) in [4.78, 5) is 24.7. The third kappa shape index (κ3) is 7.03. The van der Waals surface area contributed by atoms with Gasteiger partial charge in [0.05, 0.1) is 0 Å². The molecule has 2 aromatic carbocycles. The van der Waals surface area contributed by atoms with Crippen molar-refractivity contribution in [2.24, 2.45) is 0 Å². The summed E-state index contributed by atoms with van der Waals surface area (Å²) in [7, 11) is 0. The maximum Gasteiger partial charge on any atom is 0.290 e. The minimum Gasteiger partial charge on any atom is -0.483 e. The van der Waals surface area contributed by atoms with E-state index in [2.05, 4.69) is 4.90 Å². The normalized spacial score (nSPS) is 14.5. The largest absolute Gasteiger partial charge is 0.483 e. The van der Waals surface area contributed by atoms with Crippen molar-refractivity contribution in [3.05, 3.63) is 77.6 Å². The van der Waals surface area contributed by atoms with E-state index in [1.807, 2.05) is 47.4 Å². The van der Waals surface area contributed by atoms with Gasteiger partial charge < -0.3 is 10.0 Å². The topological polar surface area (TPSA) is 60.9 Å². The Bertz CT molecular complexity index is 757. The molecule has 27 heavy (non-hydrogen) atoms. The lowest BCUT2D eigenvalue weighted by Gasteiger charge is -2.34. The molecule has 1 amide bonds. The number of benzene rings is 2. The molecule has 3 rings (SSSR count). The van der Waals surface area contributed by atoms with E-state index in [4.69, 9.17) is 9.90 Å². The monoisotopic (exact) mass is 370 g/mol. The number of piperazine rings is 1. The Hall–Kier alpha value is -2.99. The fourth-order valence-corrected chi connectivity index (χ4v) is 2.86. The van der Waals surface area contributed by atoms with Crippen LogP contribution in [0.5, 0.6) is 0 Å². The first kappa shape index (κ1) is 20.3. The van der Waals surface area contributed by atoms with Crippen molar-refractivity contribution < 1.29 is 19.1 Å². The molecule has 0 radical (unpaired) electrons. The number of carbonyl (C=O) groups excluding carboxylic acids is 1. The van der Waals surface area contributed by atoms with Crippen molar-refractivity contribution in [3.8, 4) is 0 Å². The molecule has 6 heteroatoms. The van der Waals surface area contributed by atoms with Gasteiger partial charge in [0.1, 0.15) is 5.82 Å². The van der Waals surface area contributed by atoms with Crippen LogP contribution in [-0.2, 0) is 16.1 Å². The molecule has 1 aliphatic heterocycles. The number of halogens is 1. The van der Waals surface area contributed by atoms with E-state index in [1.165, 1.54) is 6.07 Å². The van der Waals surface area contributed by atoms with E-state index in [9.17, 15) is 9.18 Å². The summed E-state index contributed by atoms with van der Waals surface area (Å²) in [5, 5.41) is 6.89. The average Bonchev–Trinajstić information content (AvgIpc) is 2.68. The third-order valence-electron chi connectivity index (χ3n) is 4.20. The zero-order valence-electron chi connectivity index (χ0n) is 15.0. The summed E-state index contributed by atoms with van der Waals surface area (Å²) < 4.78 is 13.2. The Labute approximate surface area is 158 Å². The second-order valence-corrected chi connectivity index (χ2v) is 6.08. The molecule has 2 aromatic rings. The van der Waals surface area contributed by atoms with Crippen molar-refractivity contribution >= 4 is 18.5 Å². The average molecular weight is 370 g/mol. The second-order valence-electron chi connectivity index (χ2n) is 6.08. The minimum absolute atomic E-state index is 0.0456. The summed E-state index contributed by atoms with van der Waals surface area (Å²) in [5.41, 5.74) is 1.99. The van der Waals surface area contributed by atoms with Gasteiger partial charge in [-0.05, 0) is 29.3 Å². The Morgan fingerprint density at radius 2 is 1.70 bits per heavy atom. The van der Waals surface area contributed by atoms with Crippen LogP contribution >= 0.6 is 0 Å². The predicted octanol–water partition coefficient (Wildman–Crippen LogP) is 2.88. The van der Waals surface area contributed by atoms with Crippen molar-refractivity contribution in [2.75, 3.05) is 26.2 Å². The number of nitrogens with zero attached hydrogens (tertiary/aromatic N) is 2. The van der Waals surface area contributed by atoms with Crippen LogP contribution in [0.3, 0.4) is 0 Å². The molecule has 0 aromatic heterocycles. The molecular formula is C21H23FN2O3. The van der Waals surface area contributed by atoms with Crippen LogP contribution < -0.4 is 0 Å². The minimum atomic E-state index is -0.250. The van der Waals surface area contributed by atoms with Gasteiger partial charge in [0, 0.05) is 38.8 Å². The van der Waals surface area contributed by atoms with Crippen LogP contribution in [-0.4, -0.2) is 53.5 Å². The highest BCUT2D eigenvalue weighted by Crippen LogP contribution is 2.11. The van der Waals surface area contributed by atoms with Gasteiger partial charge >= 0.3 is 0 Å². The van der Waals surface area contributed by atoms with Gasteiger partial charge in [-0.25, -0.2) is 4.39 Å². The molecule has 1 N–H and O–H groups in total. The van der Waals surface area contributed by atoms with E-state index in [0.717, 1.165) is 30.8 Å². The van der Waals surface area contributed by atoms with Gasteiger partial charge in [-0.2, -0.15) is 0 Å². The number of rotatable bonds is 4. The maximum absolute atomic E-state index is 13.2. The lowest BCUT2D eigenvalue weighted by Crippen LogP contribution is -2.47. The van der Waals surface area contributed by atoms with Crippen LogP contribution in [0.25, 0.3) is 6.08 Å². The molecule has 0 spiro atoms. The van der Waals surface area contributed by atoms with E-state index >= 15 is 0 Å². The number of hydrogen-bond donors (Lipinski definition) is 1. The molecule has 0 atom stereocenters. The highest BCUT2D eigenvalue weighted by Gasteiger charge is 2.19. The molecule has 0 unspecified atom stereocenters. The summed E-state index contributed by atoms with van der Waals surface area (Å²) in [6.45, 7) is 3.49. The molecule has 0 aliphatic carbocycles. The molecular weight excluding hydrogens is 347 g/mol. The van der Waals surface area contributed by atoms with E-state index in [1.54, 1.807) is 18.2 Å². The molecule has 0 saturated carbocycles. The standard InChI is InChI=1S/C20H21FN2O.CH2O2/c21-19-8-4-7-18(15-19)16-22-11-13-23(14-12-22)20(24)10-9-17-5-2-1-3-6-17;2-1-3/h1-10,15H,11-14,16H2;1H,(H,2,3)/b10-9+;. The lowest BCUT2D eigenvalue weighted by molar-refractivity contribution is -0.127. The van der Waals surface area contributed by atoms with Gasteiger partial charge in [-0.15, -0.1) is 0 Å². The lowest BCUT2D eigenvalue weighted by atomic mass is 10.2. The fourth-order valence-electron chi connectivity index (χ4n) is 2.86. The summed E-state index contributed by atoms with van der Waals surface area (Å²) in [6, 6.07) is 16.5. The molecule has 1 heterocycles. The summed E-state index contributed by atoms with van der Waals surface area (Å²) in [5.74, 6) is -0.156. The maximum atomic E-state index is 13.2. The van der Waals surface area contributed by atoms with Gasteiger partial charge in [-0.1, -0.05) is 42.5 Å². The summed E-state index contributed by atoms with van der Waals surface area (Å²) in [6.07, 6.45) is 3.49. The number of carboxylic acid groups (broad SMARTS) is 1. The van der Waals surface area contributed by atoms with Crippen molar-refractivity contribution in [1.82, 2.24) is 9.80 Å². The quantitative estimate of drug-likeness (QED) is 0.664. The zero-order chi connectivity index (χ0) is 19.5. The molecule has 1 saturated heterocycles. The number of carbonyl (C=O) groups is 2. The van der Waals surface area contributed by atoms with E-state index in [-0.39, 0.29) is 18.2 Å². The van der Waals surface area contributed by atoms with Crippen LogP contribution in [0.1, 0.15) is 11.1 Å². The highest BCUT2D eigenvalue weighted by molar-refractivity contribution is 5.91. The Morgan fingerprint density at radius 1 is 1.04 bits per heavy atom. The SMILES string of the molecule is O=C(/C=C/c1ccccc1)N1CCN(Cc2cccc(F)c2)CC1.O=CO. The van der Waals surface area contributed by atoms with Gasteiger partial charge in [0.2, 0.25) is 5.91 Å². The van der Waals surface area contributed by atoms with Gasteiger partial charge in [0.15, 0.2) is 0 Å².